The molecular formula is C16H24N2O. The van der Waals surface area contributed by atoms with E-state index in [9.17, 15) is 4.79 Å². The van der Waals surface area contributed by atoms with Gasteiger partial charge in [0.15, 0.2) is 0 Å². The molecule has 1 heterocycles. The van der Waals surface area contributed by atoms with Gasteiger partial charge >= 0.3 is 0 Å². The van der Waals surface area contributed by atoms with Crippen LogP contribution in [-0.4, -0.2) is 47.9 Å². The number of rotatable bonds is 1. The molecule has 0 aromatic heterocycles. The first-order valence-electron chi connectivity index (χ1n) is 6.98. The maximum Gasteiger partial charge on any atom is 0.253 e. The Morgan fingerprint density at radius 2 is 1.68 bits per heavy atom. The van der Waals surface area contributed by atoms with Crippen LogP contribution in [0.15, 0.2) is 18.2 Å². The molecule has 2 unspecified atom stereocenters. The second kappa shape index (κ2) is 5.33. The quantitative estimate of drug-likeness (QED) is 0.774. The molecule has 1 aromatic carbocycles. The first-order chi connectivity index (χ1) is 8.90. The van der Waals surface area contributed by atoms with E-state index >= 15 is 0 Å². The molecule has 1 aliphatic rings. The van der Waals surface area contributed by atoms with Gasteiger partial charge in [0, 0.05) is 30.7 Å². The maximum atomic E-state index is 12.6. The zero-order valence-electron chi connectivity index (χ0n) is 12.6. The summed E-state index contributed by atoms with van der Waals surface area (Å²) >= 11 is 0. The highest BCUT2D eigenvalue weighted by Crippen LogP contribution is 2.17. The topological polar surface area (TPSA) is 23.6 Å². The number of amides is 1. The van der Waals surface area contributed by atoms with E-state index in [4.69, 9.17) is 0 Å². The molecule has 1 aromatic rings. The largest absolute Gasteiger partial charge is 0.336 e. The Labute approximate surface area is 116 Å². The summed E-state index contributed by atoms with van der Waals surface area (Å²) in [5.41, 5.74) is 3.23. The van der Waals surface area contributed by atoms with Gasteiger partial charge in [0.1, 0.15) is 0 Å². The standard InChI is InChI=1S/C16H24N2O/c1-11-6-7-15(8-12(11)2)16(19)18-9-13(3)17(5)14(4)10-18/h6-8,13-14H,9-10H2,1-5H3. The van der Waals surface area contributed by atoms with Crippen molar-refractivity contribution in [2.45, 2.75) is 39.8 Å². The molecule has 1 fully saturated rings. The van der Waals surface area contributed by atoms with Gasteiger partial charge in [-0.1, -0.05) is 6.07 Å². The van der Waals surface area contributed by atoms with E-state index in [-0.39, 0.29) is 5.91 Å². The molecule has 2 rings (SSSR count). The van der Waals surface area contributed by atoms with E-state index in [1.165, 1.54) is 11.1 Å². The number of benzene rings is 1. The molecule has 3 heteroatoms. The van der Waals surface area contributed by atoms with Crippen molar-refractivity contribution in [3.63, 3.8) is 0 Å². The van der Waals surface area contributed by atoms with Gasteiger partial charge < -0.3 is 4.90 Å². The Kier molecular flexibility index (Phi) is 3.95. The molecule has 104 valence electrons. The second-order valence-electron chi connectivity index (χ2n) is 5.87. The van der Waals surface area contributed by atoms with E-state index in [1.54, 1.807) is 0 Å². The monoisotopic (exact) mass is 260 g/mol. The van der Waals surface area contributed by atoms with Crippen LogP contribution in [-0.2, 0) is 0 Å². The molecule has 2 atom stereocenters. The fourth-order valence-corrected chi connectivity index (χ4v) is 2.63. The molecule has 0 aliphatic carbocycles. The number of likely N-dealkylation sites (N-methyl/N-ethyl adjacent to an activating group) is 1. The van der Waals surface area contributed by atoms with E-state index in [0.717, 1.165) is 18.7 Å². The SMILES string of the molecule is Cc1ccc(C(=O)N2CC(C)N(C)C(C)C2)cc1C. The molecule has 0 radical (unpaired) electrons. The molecule has 3 nitrogen and oxygen atoms in total. The van der Waals surface area contributed by atoms with Crippen LogP contribution in [0, 0.1) is 13.8 Å². The molecule has 19 heavy (non-hydrogen) atoms. The molecule has 0 bridgehead atoms. The number of carbonyl (C=O) groups excluding carboxylic acids is 1. The van der Waals surface area contributed by atoms with Crippen LogP contribution in [0.5, 0.6) is 0 Å². The Morgan fingerprint density at radius 1 is 1.11 bits per heavy atom. The number of carbonyl (C=O) groups is 1. The van der Waals surface area contributed by atoms with E-state index in [2.05, 4.69) is 39.6 Å². The number of hydrogen-bond acceptors (Lipinski definition) is 2. The fraction of sp³-hybridized carbons (Fsp3) is 0.562. The first-order valence-corrected chi connectivity index (χ1v) is 6.98. The molecule has 1 aliphatic heterocycles. The minimum atomic E-state index is 0.162. The summed E-state index contributed by atoms with van der Waals surface area (Å²) in [6, 6.07) is 6.81. The number of aryl methyl sites for hydroxylation is 2. The Bertz CT molecular complexity index is 472. The normalized spacial score (nSPS) is 24.6. The third-order valence-corrected chi connectivity index (χ3v) is 4.40. The van der Waals surface area contributed by atoms with Crippen molar-refractivity contribution in [3.8, 4) is 0 Å². The van der Waals surface area contributed by atoms with Gasteiger partial charge in [-0.2, -0.15) is 0 Å². The van der Waals surface area contributed by atoms with E-state index < -0.39 is 0 Å². The molecular weight excluding hydrogens is 236 g/mol. The van der Waals surface area contributed by atoms with Crippen molar-refractivity contribution in [1.82, 2.24) is 9.80 Å². The predicted molar refractivity (Wildman–Crippen MR) is 78.5 cm³/mol. The van der Waals surface area contributed by atoms with Crippen molar-refractivity contribution >= 4 is 5.91 Å². The molecule has 0 saturated carbocycles. The van der Waals surface area contributed by atoms with Crippen LogP contribution in [0.3, 0.4) is 0 Å². The van der Waals surface area contributed by atoms with Gasteiger partial charge in [0.05, 0.1) is 0 Å². The lowest BCUT2D eigenvalue weighted by molar-refractivity contribution is 0.0414. The fourth-order valence-electron chi connectivity index (χ4n) is 2.63. The summed E-state index contributed by atoms with van der Waals surface area (Å²) in [6.45, 7) is 10.1. The lowest BCUT2D eigenvalue weighted by atomic mass is 10.0. The summed E-state index contributed by atoms with van der Waals surface area (Å²) in [5.74, 6) is 0.162. The first kappa shape index (κ1) is 14.1. The van der Waals surface area contributed by atoms with Crippen LogP contribution in [0.1, 0.15) is 35.3 Å². The minimum absolute atomic E-state index is 0.162. The summed E-state index contributed by atoms with van der Waals surface area (Å²) < 4.78 is 0. The lowest BCUT2D eigenvalue weighted by Crippen LogP contribution is -2.56. The highest BCUT2D eigenvalue weighted by molar-refractivity contribution is 5.94. The van der Waals surface area contributed by atoms with Gasteiger partial charge in [0.2, 0.25) is 0 Å². The molecule has 1 saturated heterocycles. The van der Waals surface area contributed by atoms with Crippen molar-refractivity contribution in [1.29, 1.82) is 0 Å². The third kappa shape index (κ3) is 2.81. The Balaban J connectivity index is 2.17. The van der Waals surface area contributed by atoms with Gasteiger partial charge in [-0.3, -0.25) is 9.69 Å². The second-order valence-corrected chi connectivity index (χ2v) is 5.87. The summed E-state index contributed by atoms with van der Waals surface area (Å²) in [6.07, 6.45) is 0. The van der Waals surface area contributed by atoms with Crippen LogP contribution < -0.4 is 0 Å². The van der Waals surface area contributed by atoms with Gasteiger partial charge in [0.25, 0.3) is 5.91 Å². The summed E-state index contributed by atoms with van der Waals surface area (Å²) in [4.78, 5) is 16.9. The molecule has 1 amide bonds. The smallest absolute Gasteiger partial charge is 0.253 e. The van der Waals surface area contributed by atoms with Crippen molar-refractivity contribution in [2.75, 3.05) is 20.1 Å². The Morgan fingerprint density at radius 3 is 2.21 bits per heavy atom. The van der Waals surface area contributed by atoms with Gasteiger partial charge in [-0.05, 0) is 58.0 Å². The maximum absolute atomic E-state index is 12.6. The highest BCUT2D eigenvalue weighted by atomic mass is 16.2. The van der Waals surface area contributed by atoms with Crippen LogP contribution in [0.25, 0.3) is 0 Å². The number of nitrogens with zero attached hydrogens (tertiary/aromatic N) is 2. The summed E-state index contributed by atoms with van der Waals surface area (Å²) in [7, 11) is 2.13. The van der Waals surface area contributed by atoms with Crippen LogP contribution >= 0.6 is 0 Å². The minimum Gasteiger partial charge on any atom is -0.336 e. The van der Waals surface area contributed by atoms with Crippen molar-refractivity contribution in [2.24, 2.45) is 0 Å². The average molecular weight is 260 g/mol. The van der Waals surface area contributed by atoms with Crippen molar-refractivity contribution in [3.05, 3.63) is 34.9 Å². The van der Waals surface area contributed by atoms with E-state index in [0.29, 0.717) is 12.1 Å². The zero-order chi connectivity index (χ0) is 14.2. The van der Waals surface area contributed by atoms with Crippen LogP contribution in [0.4, 0.5) is 0 Å². The van der Waals surface area contributed by atoms with Crippen molar-refractivity contribution < 1.29 is 4.79 Å². The zero-order valence-corrected chi connectivity index (χ0v) is 12.6. The summed E-state index contributed by atoms with van der Waals surface area (Å²) in [5, 5.41) is 0. The predicted octanol–water partition coefficient (Wildman–Crippen LogP) is 2.47. The van der Waals surface area contributed by atoms with Crippen LogP contribution in [0.2, 0.25) is 0 Å². The molecule has 0 spiro atoms. The average Bonchev–Trinajstić information content (AvgIpc) is 2.37. The molecule has 0 N–H and O–H groups in total. The van der Waals surface area contributed by atoms with Gasteiger partial charge in [-0.25, -0.2) is 0 Å². The number of hydrogen-bond donors (Lipinski definition) is 0. The lowest BCUT2D eigenvalue weighted by Gasteiger charge is -2.42. The Hall–Kier alpha value is -1.35. The van der Waals surface area contributed by atoms with E-state index in [1.807, 2.05) is 23.1 Å². The third-order valence-electron chi connectivity index (χ3n) is 4.40. The number of piperazine rings is 1. The highest BCUT2D eigenvalue weighted by Gasteiger charge is 2.29. The van der Waals surface area contributed by atoms with Gasteiger partial charge in [-0.15, -0.1) is 0 Å².